The first-order valence-corrected chi connectivity index (χ1v) is 9.35. The molecule has 0 aliphatic rings. The summed E-state index contributed by atoms with van der Waals surface area (Å²) in [5.41, 5.74) is 2.37. The second-order valence-electron chi connectivity index (χ2n) is 6.98. The van der Waals surface area contributed by atoms with Crippen LogP contribution in [0.3, 0.4) is 0 Å². The van der Waals surface area contributed by atoms with Crippen molar-refractivity contribution in [3.05, 3.63) is 65.9 Å². The van der Waals surface area contributed by atoms with Crippen LogP contribution in [-0.4, -0.2) is 21.6 Å². The van der Waals surface area contributed by atoms with Gasteiger partial charge >= 0.3 is 11.8 Å². The van der Waals surface area contributed by atoms with Gasteiger partial charge in [0.1, 0.15) is 11.6 Å². The smallest absolute Gasteiger partial charge is 0.315 e. The largest absolute Gasteiger partial charge is 0.455 e. The van der Waals surface area contributed by atoms with E-state index in [1.807, 2.05) is 45.9 Å². The second-order valence-corrected chi connectivity index (χ2v) is 6.98. The number of benzene rings is 2. The summed E-state index contributed by atoms with van der Waals surface area (Å²) in [5.74, 6) is 0.0614. The molecule has 2 amide bonds. The SMILES string of the molecule is Cc1cccc(C)c1Oc1ccccc1NC(=O)C(=O)Nc1ccnn1C(C)C. The van der Waals surface area contributed by atoms with E-state index >= 15 is 0 Å². The molecule has 0 radical (unpaired) electrons. The molecule has 1 aromatic heterocycles. The average Bonchev–Trinajstić information content (AvgIpc) is 3.14. The predicted molar refractivity (Wildman–Crippen MR) is 112 cm³/mol. The Balaban J connectivity index is 1.76. The standard InChI is InChI=1S/C22H24N4O3/c1-14(2)26-19(12-13-23-26)25-22(28)21(27)24-17-10-5-6-11-18(17)29-20-15(3)8-7-9-16(20)4/h5-14H,1-4H3,(H,24,27)(H,25,28). The van der Waals surface area contributed by atoms with Crippen molar-refractivity contribution in [2.45, 2.75) is 33.7 Å². The highest BCUT2D eigenvalue weighted by Gasteiger charge is 2.19. The fraction of sp³-hybridized carbons (Fsp3) is 0.227. The fourth-order valence-corrected chi connectivity index (χ4v) is 2.91. The van der Waals surface area contributed by atoms with E-state index in [9.17, 15) is 9.59 Å². The molecule has 1 heterocycles. The Kier molecular flexibility index (Phi) is 5.97. The highest BCUT2D eigenvalue weighted by atomic mass is 16.5. The fourth-order valence-electron chi connectivity index (χ4n) is 2.91. The van der Waals surface area contributed by atoms with Crippen LogP contribution in [0.25, 0.3) is 0 Å². The first-order chi connectivity index (χ1) is 13.9. The maximum absolute atomic E-state index is 12.4. The van der Waals surface area contributed by atoms with Gasteiger partial charge in [0.05, 0.1) is 11.9 Å². The number of rotatable bonds is 5. The molecule has 0 saturated heterocycles. The molecule has 2 N–H and O–H groups in total. The zero-order chi connectivity index (χ0) is 21.0. The Bertz CT molecular complexity index is 1020. The Morgan fingerprint density at radius 2 is 1.59 bits per heavy atom. The van der Waals surface area contributed by atoms with E-state index in [4.69, 9.17) is 4.74 Å². The van der Waals surface area contributed by atoms with E-state index in [1.165, 1.54) is 0 Å². The second kappa shape index (κ2) is 8.60. The minimum Gasteiger partial charge on any atom is -0.455 e. The first kappa shape index (κ1) is 20.1. The summed E-state index contributed by atoms with van der Waals surface area (Å²) in [7, 11) is 0. The third-order valence-corrected chi connectivity index (χ3v) is 4.36. The van der Waals surface area contributed by atoms with Gasteiger partial charge in [0.2, 0.25) is 0 Å². The molecule has 0 atom stereocenters. The Labute approximate surface area is 169 Å². The minimum atomic E-state index is -0.793. The van der Waals surface area contributed by atoms with Gasteiger partial charge in [0.25, 0.3) is 0 Å². The Hall–Kier alpha value is -3.61. The molecular formula is C22H24N4O3. The van der Waals surface area contributed by atoms with Crippen LogP contribution in [0.4, 0.5) is 11.5 Å². The number of amides is 2. The number of carbonyl (C=O) groups excluding carboxylic acids is 2. The number of para-hydroxylation sites is 3. The highest BCUT2D eigenvalue weighted by Crippen LogP contribution is 2.33. The number of anilines is 2. The van der Waals surface area contributed by atoms with Crippen LogP contribution in [0.15, 0.2) is 54.7 Å². The minimum absolute atomic E-state index is 0.0508. The van der Waals surface area contributed by atoms with Gasteiger partial charge in [0, 0.05) is 12.1 Å². The number of hydrogen-bond donors (Lipinski definition) is 2. The van der Waals surface area contributed by atoms with Crippen LogP contribution in [0.1, 0.15) is 31.0 Å². The average molecular weight is 392 g/mol. The van der Waals surface area contributed by atoms with Crippen molar-refractivity contribution in [2.24, 2.45) is 0 Å². The lowest BCUT2D eigenvalue weighted by Gasteiger charge is -2.15. The van der Waals surface area contributed by atoms with Gasteiger partial charge in [-0.1, -0.05) is 30.3 Å². The van der Waals surface area contributed by atoms with Crippen LogP contribution < -0.4 is 15.4 Å². The number of nitrogens with zero attached hydrogens (tertiary/aromatic N) is 2. The Morgan fingerprint density at radius 3 is 2.28 bits per heavy atom. The number of ether oxygens (including phenoxy) is 1. The molecule has 0 aliphatic heterocycles. The quantitative estimate of drug-likeness (QED) is 0.628. The van der Waals surface area contributed by atoms with Crippen LogP contribution in [0.5, 0.6) is 11.5 Å². The lowest BCUT2D eigenvalue weighted by atomic mass is 10.1. The summed E-state index contributed by atoms with van der Waals surface area (Å²) >= 11 is 0. The van der Waals surface area contributed by atoms with Gasteiger partial charge in [-0.2, -0.15) is 5.10 Å². The maximum atomic E-state index is 12.4. The summed E-state index contributed by atoms with van der Waals surface area (Å²) in [5, 5.41) is 9.35. The zero-order valence-electron chi connectivity index (χ0n) is 16.9. The van der Waals surface area contributed by atoms with Crippen LogP contribution in [-0.2, 0) is 9.59 Å². The third-order valence-electron chi connectivity index (χ3n) is 4.36. The Morgan fingerprint density at radius 1 is 0.931 bits per heavy atom. The summed E-state index contributed by atoms with van der Waals surface area (Å²) in [6.07, 6.45) is 1.57. The van der Waals surface area contributed by atoms with E-state index in [0.717, 1.165) is 16.9 Å². The molecule has 7 heteroatoms. The molecule has 7 nitrogen and oxygen atoms in total. The van der Waals surface area contributed by atoms with Gasteiger partial charge in [0.15, 0.2) is 5.75 Å². The number of aromatic nitrogens is 2. The summed E-state index contributed by atoms with van der Waals surface area (Å²) in [6, 6.07) is 14.6. The van der Waals surface area contributed by atoms with Crippen molar-refractivity contribution >= 4 is 23.3 Å². The molecule has 3 rings (SSSR count). The van der Waals surface area contributed by atoms with Crippen molar-refractivity contribution in [1.29, 1.82) is 0 Å². The number of aryl methyl sites for hydroxylation is 2. The van der Waals surface area contributed by atoms with E-state index in [-0.39, 0.29) is 6.04 Å². The molecule has 0 unspecified atom stereocenters. The molecule has 0 fully saturated rings. The molecule has 150 valence electrons. The summed E-state index contributed by atoms with van der Waals surface area (Å²) in [6.45, 7) is 7.78. The van der Waals surface area contributed by atoms with E-state index in [1.54, 1.807) is 41.2 Å². The number of carbonyl (C=O) groups is 2. The van der Waals surface area contributed by atoms with Crippen LogP contribution in [0.2, 0.25) is 0 Å². The van der Waals surface area contributed by atoms with Crippen molar-refractivity contribution in [3.8, 4) is 11.5 Å². The van der Waals surface area contributed by atoms with Crippen molar-refractivity contribution in [2.75, 3.05) is 10.6 Å². The number of hydrogen-bond acceptors (Lipinski definition) is 4. The molecule has 0 spiro atoms. The lowest BCUT2D eigenvalue weighted by Crippen LogP contribution is -2.30. The predicted octanol–water partition coefficient (Wildman–Crippen LogP) is 4.45. The van der Waals surface area contributed by atoms with Crippen LogP contribution in [0, 0.1) is 13.8 Å². The topological polar surface area (TPSA) is 85.2 Å². The van der Waals surface area contributed by atoms with E-state index in [0.29, 0.717) is 17.3 Å². The maximum Gasteiger partial charge on any atom is 0.315 e. The van der Waals surface area contributed by atoms with Crippen molar-refractivity contribution in [1.82, 2.24) is 9.78 Å². The number of nitrogens with one attached hydrogen (secondary N) is 2. The van der Waals surface area contributed by atoms with Crippen molar-refractivity contribution < 1.29 is 14.3 Å². The third kappa shape index (κ3) is 4.63. The molecule has 0 bridgehead atoms. The summed E-state index contributed by atoms with van der Waals surface area (Å²) < 4.78 is 7.68. The van der Waals surface area contributed by atoms with Gasteiger partial charge in [-0.3, -0.25) is 9.59 Å². The molecular weight excluding hydrogens is 368 g/mol. The first-order valence-electron chi connectivity index (χ1n) is 9.35. The zero-order valence-corrected chi connectivity index (χ0v) is 16.9. The molecule has 0 saturated carbocycles. The van der Waals surface area contributed by atoms with Crippen molar-refractivity contribution in [3.63, 3.8) is 0 Å². The summed E-state index contributed by atoms with van der Waals surface area (Å²) in [4.78, 5) is 24.8. The van der Waals surface area contributed by atoms with E-state index in [2.05, 4.69) is 15.7 Å². The monoisotopic (exact) mass is 392 g/mol. The molecule has 2 aromatic carbocycles. The van der Waals surface area contributed by atoms with Crippen LogP contribution >= 0.6 is 0 Å². The van der Waals surface area contributed by atoms with Gasteiger partial charge in [-0.05, 0) is 51.0 Å². The highest BCUT2D eigenvalue weighted by molar-refractivity contribution is 6.43. The lowest BCUT2D eigenvalue weighted by molar-refractivity contribution is -0.133. The molecule has 29 heavy (non-hydrogen) atoms. The van der Waals surface area contributed by atoms with Gasteiger partial charge < -0.3 is 15.4 Å². The normalized spacial score (nSPS) is 10.7. The van der Waals surface area contributed by atoms with Gasteiger partial charge in [-0.25, -0.2) is 4.68 Å². The molecule has 0 aliphatic carbocycles. The molecule has 3 aromatic rings. The van der Waals surface area contributed by atoms with Gasteiger partial charge in [-0.15, -0.1) is 0 Å². The van der Waals surface area contributed by atoms with E-state index < -0.39 is 11.8 Å².